The second-order valence-electron chi connectivity index (χ2n) is 5.45. The van der Waals surface area contributed by atoms with Crippen molar-refractivity contribution < 1.29 is 4.79 Å². The number of thioether (sulfide) groups is 1. The normalized spacial score (nSPS) is 13.5. The maximum absolute atomic E-state index is 12.4. The maximum Gasteiger partial charge on any atom is 0.233 e. The third-order valence-electron chi connectivity index (χ3n) is 3.64. The van der Waals surface area contributed by atoms with E-state index >= 15 is 0 Å². The molecule has 1 aliphatic heterocycles. The second-order valence-corrected chi connectivity index (χ2v) is 7.32. The van der Waals surface area contributed by atoms with Gasteiger partial charge in [0.25, 0.3) is 0 Å². The fourth-order valence-electron chi connectivity index (χ4n) is 2.47. The van der Waals surface area contributed by atoms with E-state index in [-0.39, 0.29) is 12.3 Å². The lowest BCUT2D eigenvalue weighted by Crippen LogP contribution is -2.26. The molecule has 0 radical (unpaired) electrons. The van der Waals surface area contributed by atoms with Gasteiger partial charge in [-0.2, -0.15) is 0 Å². The van der Waals surface area contributed by atoms with Gasteiger partial charge in [-0.3, -0.25) is 9.69 Å². The molecule has 5 nitrogen and oxygen atoms in total. The first-order valence-corrected chi connectivity index (χ1v) is 9.27. The van der Waals surface area contributed by atoms with Gasteiger partial charge in [0.1, 0.15) is 11.6 Å². The minimum atomic E-state index is -0.0466. The van der Waals surface area contributed by atoms with Crippen molar-refractivity contribution in [2.75, 3.05) is 16.4 Å². The number of hydrogen-bond acceptors (Lipinski definition) is 5. The van der Waals surface area contributed by atoms with E-state index in [4.69, 9.17) is 28.9 Å². The van der Waals surface area contributed by atoms with E-state index in [0.29, 0.717) is 38.9 Å². The van der Waals surface area contributed by atoms with Gasteiger partial charge in [-0.05, 0) is 24.1 Å². The molecule has 2 heterocycles. The molecule has 0 unspecified atom stereocenters. The van der Waals surface area contributed by atoms with Crippen LogP contribution in [0, 0.1) is 0 Å². The van der Waals surface area contributed by atoms with Crippen LogP contribution in [0.4, 0.5) is 11.6 Å². The van der Waals surface area contributed by atoms with Crippen molar-refractivity contribution in [3.05, 3.63) is 39.4 Å². The van der Waals surface area contributed by atoms with Gasteiger partial charge in [0.05, 0.1) is 23.0 Å². The predicted molar refractivity (Wildman–Crippen MR) is 98.8 cm³/mol. The first kappa shape index (κ1) is 17.3. The van der Waals surface area contributed by atoms with Gasteiger partial charge in [0.2, 0.25) is 5.91 Å². The lowest BCUT2D eigenvalue weighted by Gasteiger charge is -2.17. The van der Waals surface area contributed by atoms with Crippen LogP contribution in [0.5, 0.6) is 0 Å². The number of halogens is 2. The summed E-state index contributed by atoms with van der Waals surface area (Å²) in [6.45, 7) is 2.46. The molecule has 2 N–H and O–H groups in total. The molecule has 2 aromatic rings. The number of rotatable bonds is 5. The minimum Gasteiger partial charge on any atom is -0.383 e. The summed E-state index contributed by atoms with van der Waals surface area (Å²) in [5.74, 6) is 1.83. The highest BCUT2D eigenvalue weighted by Crippen LogP contribution is 2.34. The van der Waals surface area contributed by atoms with Crippen LogP contribution in [0.2, 0.25) is 10.0 Å². The summed E-state index contributed by atoms with van der Waals surface area (Å²) < 4.78 is 0. The number of anilines is 2. The van der Waals surface area contributed by atoms with Crippen molar-refractivity contribution in [1.29, 1.82) is 0 Å². The number of nitrogens with two attached hydrogens (primary N) is 1. The Kier molecular flexibility index (Phi) is 5.18. The van der Waals surface area contributed by atoms with E-state index in [0.717, 1.165) is 17.7 Å². The van der Waals surface area contributed by atoms with Gasteiger partial charge in [0, 0.05) is 11.3 Å². The largest absolute Gasteiger partial charge is 0.383 e. The molecule has 1 aliphatic rings. The molecule has 0 bridgehead atoms. The Balaban J connectivity index is 1.92. The van der Waals surface area contributed by atoms with Gasteiger partial charge in [-0.15, -0.1) is 0 Å². The van der Waals surface area contributed by atoms with E-state index in [1.807, 2.05) is 6.07 Å². The Morgan fingerprint density at radius 3 is 2.79 bits per heavy atom. The molecule has 1 aromatic heterocycles. The monoisotopic (exact) mass is 382 g/mol. The third-order valence-corrected chi connectivity index (χ3v) is 5.43. The van der Waals surface area contributed by atoms with Crippen LogP contribution in [0.15, 0.2) is 23.4 Å². The first-order chi connectivity index (χ1) is 11.5. The summed E-state index contributed by atoms with van der Waals surface area (Å²) in [6, 6.07) is 5.32. The van der Waals surface area contributed by atoms with Gasteiger partial charge in [-0.25, -0.2) is 9.97 Å². The fraction of sp³-hybridized carbons (Fsp3) is 0.312. The number of hydrogen-bond donors (Lipinski definition) is 1. The third kappa shape index (κ3) is 3.45. The number of carbonyl (C=O) groups excluding carboxylic acids is 1. The summed E-state index contributed by atoms with van der Waals surface area (Å²) in [5.41, 5.74) is 7.60. The number of fused-ring (bicyclic) bond motifs is 1. The topological polar surface area (TPSA) is 72.1 Å². The zero-order valence-corrected chi connectivity index (χ0v) is 15.4. The summed E-state index contributed by atoms with van der Waals surface area (Å²) in [5, 5.41) is 1.54. The molecule has 0 spiro atoms. The van der Waals surface area contributed by atoms with Gasteiger partial charge in [0.15, 0.2) is 5.16 Å². The van der Waals surface area contributed by atoms with E-state index < -0.39 is 0 Å². The van der Waals surface area contributed by atoms with Crippen molar-refractivity contribution in [1.82, 2.24) is 9.97 Å². The number of benzene rings is 1. The quantitative estimate of drug-likeness (QED) is 0.625. The standard InChI is InChI=1S/C16H16Cl2N4OS/c1-2-5-24-16-20-14(19)10-7-13(23)22(15(10)21-16)8-9-3-4-11(17)12(18)6-9/h3-4,6H,2,5,7-8H2,1H3,(H2,19,20,21). The van der Waals surface area contributed by atoms with Crippen LogP contribution in [0.25, 0.3) is 0 Å². The number of nitrogens with zero attached hydrogens (tertiary/aromatic N) is 3. The van der Waals surface area contributed by atoms with Crippen LogP contribution >= 0.6 is 35.0 Å². The molecular formula is C16H16Cl2N4OS. The molecule has 3 rings (SSSR count). The van der Waals surface area contributed by atoms with Crippen LogP contribution in [0.1, 0.15) is 24.5 Å². The Morgan fingerprint density at radius 2 is 2.08 bits per heavy atom. The van der Waals surface area contributed by atoms with Crippen LogP contribution < -0.4 is 10.6 Å². The summed E-state index contributed by atoms with van der Waals surface area (Å²) in [7, 11) is 0. The Labute approximate surface area is 154 Å². The first-order valence-electron chi connectivity index (χ1n) is 7.53. The van der Waals surface area contributed by atoms with E-state index in [2.05, 4.69) is 16.9 Å². The number of nitrogen functional groups attached to an aromatic ring is 1. The molecule has 0 saturated carbocycles. The lowest BCUT2D eigenvalue weighted by atomic mass is 10.2. The smallest absolute Gasteiger partial charge is 0.233 e. The summed E-state index contributed by atoms with van der Waals surface area (Å²) >= 11 is 13.5. The van der Waals surface area contributed by atoms with Gasteiger partial charge < -0.3 is 5.73 Å². The van der Waals surface area contributed by atoms with E-state index in [1.54, 1.807) is 17.0 Å². The van der Waals surface area contributed by atoms with Crippen molar-refractivity contribution >= 4 is 52.5 Å². The number of amides is 1. The van der Waals surface area contributed by atoms with E-state index in [9.17, 15) is 4.79 Å². The lowest BCUT2D eigenvalue weighted by molar-refractivity contribution is -0.117. The zero-order chi connectivity index (χ0) is 17.3. The Bertz CT molecular complexity index is 800. The highest BCUT2D eigenvalue weighted by molar-refractivity contribution is 7.99. The zero-order valence-electron chi connectivity index (χ0n) is 13.1. The van der Waals surface area contributed by atoms with Crippen LogP contribution in [0.3, 0.4) is 0 Å². The SMILES string of the molecule is CCCSc1nc(N)c2c(n1)N(Cc1ccc(Cl)c(Cl)c1)C(=O)C2. The molecule has 0 aliphatic carbocycles. The molecule has 0 fully saturated rings. The second kappa shape index (κ2) is 7.17. The Hall–Kier alpha value is -1.50. The van der Waals surface area contributed by atoms with Crippen LogP contribution in [-0.4, -0.2) is 21.6 Å². The van der Waals surface area contributed by atoms with Crippen molar-refractivity contribution in [3.63, 3.8) is 0 Å². The van der Waals surface area contributed by atoms with Crippen molar-refractivity contribution in [2.45, 2.75) is 31.5 Å². The van der Waals surface area contributed by atoms with Gasteiger partial charge >= 0.3 is 0 Å². The van der Waals surface area contributed by atoms with Crippen molar-refractivity contribution in [2.24, 2.45) is 0 Å². The predicted octanol–water partition coefficient (Wildman–Crippen LogP) is 3.96. The highest BCUT2D eigenvalue weighted by atomic mass is 35.5. The fourth-order valence-corrected chi connectivity index (χ4v) is 3.49. The summed E-state index contributed by atoms with van der Waals surface area (Å²) in [4.78, 5) is 22.9. The molecular weight excluding hydrogens is 367 g/mol. The molecule has 1 amide bonds. The molecule has 0 atom stereocenters. The van der Waals surface area contributed by atoms with Crippen LogP contribution in [-0.2, 0) is 17.8 Å². The molecule has 126 valence electrons. The highest BCUT2D eigenvalue weighted by Gasteiger charge is 2.32. The maximum atomic E-state index is 12.4. The minimum absolute atomic E-state index is 0.0466. The molecule has 1 aromatic carbocycles. The average Bonchev–Trinajstić information content (AvgIpc) is 2.86. The summed E-state index contributed by atoms with van der Waals surface area (Å²) in [6.07, 6.45) is 1.23. The molecule has 24 heavy (non-hydrogen) atoms. The number of carbonyl (C=O) groups is 1. The average molecular weight is 383 g/mol. The Morgan fingerprint density at radius 1 is 1.29 bits per heavy atom. The molecule has 0 saturated heterocycles. The number of aromatic nitrogens is 2. The van der Waals surface area contributed by atoms with E-state index in [1.165, 1.54) is 11.8 Å². The molecule has 8 heteroatoms. The van der Waals surface area contributed by atoms with Crippen molar-refractivity contribution in [3.8, 4) is 0 Å². The van der Waals surface area contributed by atoms with Gasteiger partial charge in [-0.1, -0.05) is 48.0 Å².